The summed E-state index contributed by atoms with van der Waals surface area (Å²) in [6, 6.07) is 12.9. The second-order valence-corrected chi connectivity index (χ2v) is 8.63. The number of nitrogens with zero attached hydrogens (tertiary/aromatic N) is 1. The Hall–Kier alpha value is -3.17. The first-order chi connectivity index (χ1) is 14.4. The molecular weight excluding hydrogens is 406 g/mol. The third kappa shape index (κ3) is 5.25. The number of hydrogen-bond acceptors (Lipinski definition) is 5. The molecule has 3 rings (SSSR count). The fraction of sp³-hybridized carbons (Fsp3) is 0.238. The van der Waals surface area contributed by atoms with E-state index in [-0.39, 0.29) is 10.5 Å². The summed E-state index contributed by atoms with van der Waals surface area (Å²) in [6.07, 6.45) is 4.50. The van der Waals surface area contributed by atoms with Crippen LogP contribution in [0.5, 0.6) is 5.75 Å². The van der Waals surface area contributed by atoms with Gasteiger partial charge in [0, 0.05) is 24.7 Å². The fourth-order valence-corrected chi connectivity index (χ4v) is 4.59. The maximum Gasteiger partial charge on any atom is 0.269 e. The Bertz CT molecular complexity index is 1060. The zero-order chi connectivity index (χ0) is 21.6. The highest BCUT2D eigenvalue weighted by atomic mass is 32.2. The van der Waals surface area contributed by atoms with Crippen molar-refractivity contribution in [1.82, 2.24) is 15.2 Å². The van der Waals surface area contributed by atoms with Crippen LogP contribution in [0.1, 0.15) is 28.8 Å². The van der Waals surface area contributed by atoms with Crippen LogP contribution in [0.2, 0.25) is 0 Å². The summed E-state index contributed by atoms with van der Waals surface area (Å²) < 4.78 is 31.8. The van der Waals surface area contributed by atoms with Gasteiger partial charge in [-0.1, -0.05) is 18.2 Å². The summed E-state index contributed by atoms with van der Waals surface area (Å²) in [5.41, 5.74) is 5.45. The highest BCUT2D eigenvalue weighted by Crippen LogP contribution is 2.21. The molecule has 1 fully saturated rings. The predicted octanol–water partition coefficient (Wildman–Crippen LogP) is 1.95. The van der Waals surface area contributed by atoms with Crippen LogP contribution in [0.25, 0.3) is 6.08 Å². The molecule has 2 aromatic carbocycles. The van der Waals surface area contributed by atoms with Gasteiger partial charge in [0.05, 0.1) is 12.0 Å². The summed E-state index contributed by atoms with van der Waals surface area (Å²) in [5.74, 6) is -0.488. The lowest BCUT2D eigenvalue weighted by molar-refractivity contribution is -0.117. The van der Waals surface area contributed by atoms with Crippen molar-refractivity contribution in [2.24, 2.45) is 0 Å². The van der Waals surface area contributed by atoms with E-state index in [0.29, 0.717) is 18.8 Å². The van der Waals surface area contributed by atoms with E-state index in [9.17, 15) is 18.0 Å². The Morgan fingerprint density at radius 3 is 2.50 bits per heavy atom. The third-order valence-corrected chi connectivity index (χ3v) is 6.51. The van der Waals surface area contributed by atoms with Crippen LogP contribution < -0.4 is 15.6 Å². The lowest BCUT2D eigenvalue weighted by atomic mass is 10.2. The van der Waals surface area contributed by atoms with Crippen LogP contribution in [0.15, 0.2) is 59.5 Å². The molecule has 8 nitrogen and oxygen atoms in total. The molecule has 0 spiro atoms. The van der Waals surface area contributed by atoms with Crippen molar-refractivity contribution in [2.75, 3.05) is 20.2 Å². The van der Waals surface area contributed by atoms with E-state index in [4.69, 9.17) is 4.74 Å². The van der Waals surface area contributed by atoms with Gasteiger partial charge in [0.2, 0.25) is 10.0 Å². The van der Waals surface area contributed by atoms with E-state index in [1.165, 1.54) is 34.6 Å². The Balaban J connectivity index is 1.60. The molecule has 2 aromatic rings. The summed E-state index contributed by atoms with van der Waals surface area (Å²) >= 11 is 0. The second-order valence-electron chi connectivity index (χ2n) is 6.69. The number of nitrogens with one attached hydrogen (secondary N) is 2. The molecule has 0 aliphatic carbocycles. The first-order valence-corrected chi connectivity index (χ1v) is 10.9. The second kappa shape index (κ2) is 9.55. The smallest absolute Gasteiger partial charge is 0.269 e. The number of rotatable bonds is 6. The van der Waals surface area contributed by atoms with Crippen LogP contribution in [0, 0.1) is 0 Å². The summed E-state index contributed by atoms with van der Waals surface area (Å²) in [6.45, 7) is 0.961. The number of ether oxygens (including phenoxy) is 1. The van der Waals surface area contributed by atoms with Crippen molar-refractivity contribution in [3.63, 3.8) is 0 Å². The van der Waals surface area contributed by atoms with Crippen molar-refractivity contribution in [3.8, 4) is 5.75 Å². The molecule has 2 amide bonds. The molecule has 0 bridgehead atoms. The van der Waals surface area contributed by atoms with Gasteiger partial charge < -0.3 is 4.74 Å². The monoisotopic (exact) mass is 429 g/mol. The standard InChI is InChI=1S/C21H23N3O5S/c1-29-18-8-4-6-16(14-18)10-11-20(25)22-23-21(26)17-7-5-9-19(15-17)30(27,28)24-12-2-3-13-24/h4-11,14-15H,2-3,12-13H2,1H3,(H,22,25)(H,23,26)/b11-10+. The molecule has 1 aliphatic heterocycles. The maximum absolute atomic E-state index is 12.6. The molecule has 1 aliphatic rings. The Morgan fingerprint density at radius 1 is 1.03 bits per heavy atom. The van der Waals surface area contributed by atoms with Crippen molar-refractivity contribution < 1.29 is 22.7 Å². The predicted molar refractivity (Wildman–Crippen MR) is 112 cm³/mol. The molecular formula is C21H23N3O5S. The van der Waals surface area contributed by atoms with Gasteiger partial charge in [-0.25, -0.2) is 8.42 Å². The highest BCUT2D eigenvalue weighted by Gasteiger charge is 2.27. The van der Waals surface area contributed by atoms with E-state index in [0.717, 1.165) is 18.4 Å². The normalized spacial score (nSPS) is 14.6. The average molecular weight is 429 g/mol. The minimum absolute atomic E-state index is 0.0568. The van der Waals surface area contributed by atoms with E-state index in [1.54, 1.807) is 37.5 Å². The molecule has 1 saturated heterocycles. The lowest BCUT2D eigenvalue weighted by Gasteiger charge is -2.16. The van der Waals surface area contributed by atoms with Gasteiger partial charge in [-0.2, -0.15) is 4.31 Å². The van der Waals surface area contributed by atoms with Gasteiger partial charge in [-0.15, -0.1) is 0 Å². The molecule has 158 valence electrons. The van der Waals surface area contributed by atoms with Gasteiger partial charge in [0.25, 0.3) is 11.8 Å². The fourth-order valence-electron chi connectivity index (χ4n) is 3.02. The van der Waals surface area contributed by atoms with Crippen LogP contribution in [0.4, 0.5) is 0 Å². The van der Waals surface area contributed by atoms with Crippen molar-refractivity contribution in [1.29, 1.82) is 0 Å². The zero-order valence-electron chi connectivity index (χ0n) is 16.5. The Morgan fingerprint density at radius 2 is 1.77 bits per heavy atom. The topological polar surface area (TPSA) is 105 Å². The summed E-state index contributed by atoms with van der Waals surface area (Å²) in [5, 5.41) is 0. The average Bonchev–Trinajstić information content (AvgIpc) is 3.32. The third-order valence-electron chi connectivity index (χ3n) is 4.62. The van der Waals surface area contributed by atoms with E-state index >= 15 is 0 Å². The molecule has 1 heterocycles. The van der Waals surface area contributed by atoms with E-state index in [1.807, 2.05) is 0 Å². The van der Waals surface area contributed by atoms with Crippen LogP contribution in [-0.4, -0.2) is 44.7 Å². The minimum Gasteiger partial charge on any atom is -0.497 e. The molecule has 0 unspecified atom stereocenters. The number of hydrogen-bond donors (Lipinski definition) is 2. The Kier molecular flexibility index (Phi) is 6.86. The van der Waals surface area contributed by atoms with Crippen molar-refractivity contribution in [2.45, 2.75) is 17.7 Å². The lowest BCUT2D eigenvalue weighted by Crippen LogP contribution is -2.40. The quantitative estimate of drug-likeness (QED) is 0.540. The number of hydrazine groups is 1. The van der Waals surface area contributed by atoms with Gasteiger partial charge in [0.15, 0.2) is 0 Å². The largest absolute Gasteiger partial charge is 0.497 e. The maximum atomic E-state index is 12.6. The molecule has 30 heavy (non-hydrogen) atoms. The number of carbonyl (C=O) groups excluding carboxylic acids is 2. The van der Waals surface area contributed by atoms with Crippen LogP contribution >= 0.6 is 0 Å². The summed E-state index contributed by atoms with van der Waals surface area (Å²) in [7, 11) is -2.07. The van der Waals surface area contributed by atoms with Crippen molar-refractivity contribution in [3.05, 3.63) is 65.7 Å². The van der Waals surface area contributed by atoms with Gasteiger partial charge in [-0.05, 0) is 54.8 Å². The molecule has 0 saturated carbocycles. The van der Waals surface area contributed by atoms with E-state index in [2.05, 4.69) is 10.9 Å². The number of amides is 2. The van der Waals surface area contributed by atoms with Crippen molar-refractivity contribution >= 4 is 27.9 Å². The highest BCUT2D eigenvalue weighted by molar-refractivity contribution is 7.89. The van der Waals surface area contributed by atoms with Gasteiger partial charge in [0.1, 0.15) is 5.75 Å². The van der Waals surface area contributed by atoms with Gasteiger partial charge >= 0.3 is 0 Å². The SMILES string of the molecule is COc1cccc(/C=C/C(=O)NNC(=O)c2cccc(S(=O)(=O)N3CCCC3)c2)c1. The van der Waals surface area contributed by atoms with E-state index < -0.39 is 21.8 Å². The van der Waals surface area contributed by atoms with Gasteiger partial charge in [-0.3, -0.25) is 20.4 Å². The van der Waals surface area contributed by atoms with Crippen LogP contribution in [-0.2, 0) is 14.8 Å². The first-order valence-electron chi connectivity index (χ1n) is 9.43. The molecule has 0 atom stereocenters. The Labute approximate surface area is 175 Å². The minimum atomic E-state index is -3.63. The number of methoxy groups -OCH3 is 1. The zero-order valence-corrected chi connectivity index (χ0v) is 17.3. The molecule has 0 aromatic heterocycles. The first kappa shape index (κ1) is 21.5. The molecule has 2 N–H and O–H groups in total. The molecule has 9 heteroatoms. The molecule has 0 radical (unpaired) electrons. The number of carbonyl (C=O) groups is 2. The number of sulfonamides is 1. The van der Waals surface area contributed by atoms with Crippen LogP contribution in [0.3, 0.4) is 0 Å². The summed E-state index contributed by atoms with van der Waals surface area (Å²) in [4.78, 5) is 24.3. The number of benzene rings is 2.